The maximum absolute atomic E-state index is 12.8. The number of nitrogens with one attached hydrogen (secondary N) is 1. The fraction of sp³-hybridized carbons (Fsp3) is 0.474. The Morgan fingerprint density at radius 3 is 2.68 bits per heavy atom. The van der Waals surface area contributed by atoms with Crippen molar-refractivity contribution in [3.63, 3.8) is 0 Å². The van der Waals surface area contributed by atoms with E-state index >= 15 is 0 Å². The van der Waals surface area contributed by atoms with E-state index in [4.69, 9.17) is 4.42 Å². The molecule has 6 nitrogen and oxygen atoms in total. The van der Waals surface area contributed by atoms with Crippen molar-refractivity contribution in [1.82, 2.24) is 14.8 Å². The van der Waals surface area contributed by atoms with Gasteiger partial charge in [-0.15, -0.1) is 0 Å². The lowest BCUT2D eigenvalue weighted by molar-refractivity contribution is 0.0780. The van der Waals surface area contributed by atoms with E-state index in [1.807, 2.05) is 38.1 Å². The lowest BCUT2D eigenvalue weighted by Gasteiger charge is -2.19. The van der Waals surface area contributed by atoms with Crippen molar-refractivity contribution in [2.75, 3.05) is 34.2 Å². The summed E-state index contributed by atoms with van der Waals surface area (Å²) in [6.45, 7) is 3.28. The fourth-order valence-electron chi connectivity index (χ4n) is 3.41. The van der Waals surface area contributed by atoms with Crippen LogP contribution in [0.5, 0.6) is 0 Å². The molecule has 0 aliphatic heterocycles. The minimum absolute atomic E-state index is 0.0301. The molecule has 1 aliphatic carbocycles. The minimum atomic E-state index is -0.0731. The maximum atomic E-state index is 12.8. The van der Waals surface area contributed by atoms with Crippen LogP contribution < -0.4 is 0 Å². The third-order valence-electron chi connectivity index (χ3n) is 4.88. The SMILES string of the molecule is Cc1c(C(=O)N(C)CCN(C)C)[nH]c2c1C(=O)C[C@@H](c1ccco1)C2. The highest BCUT2D eigenvalue weighted by Crippen LogP contribution is 2.35. The van der Waals surface area contributed by atoms with Gasteiger partial charge in [0.1, 0.15) is 11.5 Å². The largest absolute Gasteiger partial charge is 0.469 e. The summed E-state index contributed by atoms with van der Waals surface area (Å²) >= 11 is 0. The topological polar surface area (TPSA) is 69.6 Å². The summed E-state index contributed by atoms with van der Waals surface area (Å²) in [5.74, 6) is 0.854. The Balaban J connectivity index is 1.84. The minimum Gasteiger partial charge on any atom is -0.469 e. The van der Waals surface area contributed by atoms with Gasteiger partial charge in [-0.1, -0.05) is 0 Å². The predicted molar refractivity (Wildman–Crippen MR) is 95.1 cm³/mol. The van der Waals surface area contributed by atoms with Gasteiger partial charge < -0.3 is 19.2 Å². The van der Waals surface area contributed by atoms with E-state index in [1.165, 1.54) is 0 Å². The molecule has 1 aliphatic rings. The number of carbonyl (C=O) groups excluding carboxylic acids is 2. The van der Waals surface area contributed by atoms with Gasteiger partial charge in [0.15, 0.2) is 5.78 Å². The quantitative estimate of drug-likeness (QED) is 0.905. The van der Waals surface area contributed by atoms with E-state index in [-0.39, 0.29) is 17.6 Å². The van der Waals surface area contributed by atoms with Crippen molar-refractivity contribution in [1.29, 1.82) is 0 Å². The van der Waals surface area contributed by atoms with Crippen molar-refractivity contribution < 1.29 is 14.0 Å². The van der Waals surface area contributed by atoms with Crippen molar-refractivity contribution >= 4 is 11.7 Å². The Morgan fingerprint density at radius 2 is 2.04 bits per heavy atom. The summed E-state index contributed by atoms with van der Waals surface area (Å²) < 4.78 is 5.47. The first kappa shape index (κ1) is 17.5. The highest BCUT2D eigenvalue weighted by molar-refractivity contribution is 6.04. The standard InChI is InChI=1S/C19H25N3O3/c1-12-17-14(10-13(11-15(17)23)16-6-5-9-25-16)20-18(12)19(24)22(4)8-7-21(2)3/h5-6,9,13,20H,7-8,10-11H2,1-4H3/t13-/m0/s1. The summed E-state index contributed by atoms with van der Waals surface area (Å²) in [5, 5.41) is 0. The number of nitrogens with zero attached hydrogens (tertiary/aromatic N) is 2. The van der Waals surface area contributed by atoms with Gasteiger partial charge >= 0.3 is 0 Å². The Bertz CT molecular complexity index is 774. The van der Waals surface area contributed by atoms with E-state index in [0.29, 0.717) is 30.6 Å². The number of H-pyrrole nitrogens is 1. The second-order valence-electron chi connectivity index (χ2n) is 7.05. The third kappa shape index (κ3) is 3.39. The van der Waals surface area contributed by atoms with Gasteiger partial charge in [0.05, 0.1) is 6.26 Å². The molecular formula is C19H25N3O3. The number of rotatable bonds is 5. The molecule has 1 atom stereocenters. The summed E-state index contributed by atoms with van der Waals surface area (Å²) in [6, 6.07) is 3.74. The van der Waals surface area contributed by atoms with E-state index in [2.05, 4.69) is 4.98 Å². The first-order valence-electron chi connectivity index (χ1n) is 8.56. The normalized spacial score (nSPS) is 17.0. The number of aromatic amines is 1. The smallest absolute Gasteiger partial charge is 0.270 e. The molecule has 0 saturated heterocycles. The van der Waals surface area contributed by atoms with Gasteiger partial charge in [0.25, 0.3) is 5.91 Å². The van der Waals surface area contributed by atoms with Crippen LogP contribution in [0.3, 0.4) is 0 Å². The number of amides is 1. The Kier molecular flexibility index (Phi) is 4.81. The summed E-state index contributed by atoms with van der Waals surface area (Å²) in [7, 11) is 5.74. The first-order chi connectivity index (χ1) is 11.9. The van der Waals surface area contributed by atoms with Gasteiger partial charge in [-0.25, -0.2) is 0 Å². The molecule has 0 fully saturated rings. The van der Waals surface area contributed by atoms with Crippen LogP contribution in [0.1, 0.15) is 50.2 Å². The van der Waals surface area contributed by atoms with Gasteiger partial charge in [-0.3, -0.25) is 9.59 Å². The summed E-state index contributed by atoms with van der Waals surface area (Å²) in [6.07, 6.45) is 2.73. The fourth-order valence-corrected chi connectivity index (χ4v) is 3.41. The number of carbonyl (C=O) groups is 2. The zero-order valence-electron chi connectivity index (χ0n) is 15.3. The molecule has 134 valence electrons. The number of ketones is 1. The monoisotopic (exact) mass is 343 g/mol. The highest BCUT2D eigenvalue weighted by atomic mass is 16.3. The van der Waals surface area contributed by atoms with Gasteiger partial charge in [0.2, 0.25) is 0 Å². The molecule has 1 N–H and O–H groups in total. The predicted octanol–water partition coefficient (Wildman–Crippen LogP) is 2.46. The molecule has 0 unspecified atom stereocenters. The van der Waals surface area contributed by atoms with Crippen LogP contribution in [0.2, 0.25) is 0 Å². The molecule has 25 heavy (non-hydrogen) atoms. The zero-order chi connectivity index (χ0) is 18.1. The molecular weight excluding hydrogens is 318 g/mol. The van der Waals surface area contributed by atoms with Crippen LogP contribution in [0.4, 0.5) is 0 Å². The van der Waals surface area contributed by atoms with Crippen molar-refractivity contribution in [3.05, 3.63) is 46.7 Å². The van der Waals surface area contributed by atoms with Crippen molar-refractivity contribution in [2.24, 2.45) is 0 Å². The van der Waals surface area contributed by atoms with E-state index in [1.54, 1.807) is 18.2 Å². The highest BCUT2D eigenvalue weighted by Gasteiger charge is 2.33. The molecule has 3 rings (SSSR count). The van der Waals surface area contributed by atoms with Crippen LogP contribution in [0.15, 0.2) is 22.8 Å². The molecule has 2 heterocycles. The maximum Gasteiger partial charge on any atom is 0.270 e. The van der Waals surface area contributed by atoms with Gasteiger partial charge in [-0.2, -0.15) is 0 Å². The van der Waals surface area contributed by atoms with Crippen LogP contribution in [-0.2, 0) is 6.42 Å². The van der Waals surface area contributed by atoms with Crippen molar-refractivity contribution in [2.45, 2.75) is 25.7 Å². The number of hydrogen-bond donors (Lipinski definition) is 1. The molecule has 0 spiro atoms. The number of furan rings is 1. The number of fused-ring (bicyclic) bond motifs is 1. The van der Waals surface area contributed by atoms with Crippen LogP contribution >= 0.6 is 0 Å². The Hall–Kier alpha value is -2.34. The second kappa shape index (κ2) is 6.88. The van der Waals surface area contributed by atoms with Crippen molar-refractivity contribution in [3.8, 4) is 0 Å². The number of aromatic nitrogens is 1. The molecule has 0 bridgehead atoms. The van der Waals surface area contributed by atoms with Crippen LogP contribution in [0, 0.1) is 6.92 Å². The molecule has 2 aromatic heterocycles. The molecule has 1 amide bonds. The van der Waals surface area contributed by atoms with Gasteiger partial charge in [-0.05, 0) is 45.1 Å². The molecule has 0 saturated carbocycles. The molecule has 6 heteroatoms. The Labute approximate surface area is 147 Å². The zero-order valence-corrected chi connectivity index (χ0v) is 15.3. The van der Waals surface area contributed by atoms with Gasteiger partial charge in [0, 0.05) is 43.7 Å². The molecule has 2 aromatic rings. The lowest BCUT2D eigenvalue weighted by atomic mass is 9.84. The average Bonchev–Trinajstić information content (AvgIpc) is 3.20. The summed E-state index contributed by atoms with van der Waals surface area (Å²) in [4.78, 5) is 32.4. The first-order valence-corrected chi connectivity index (χ1v) is 8.56. The number of Topliss-reactive ketones (excluding diaryl/α,β-unsaturated/α-hetero) is 1. The lowest BCUT2D eigenvalue weighted by Crippen LogP contribution is -2.34. The van der Waals surface area contributed by atoms with E-state index in [0.717, 1.165) is 23.6 Å². The number of likely N-dealkylation sites (N-methyl/N-ethyl adjacent to an activating group) is 2. The summed E-state index contributed by atoms with van der Waals surface area (Å²) in [5.41, 5.74) is 2.82. The van der Waals surface area contributed by atoms with Crippen LogP contribution in [-0.4, -0.2) is 60.7 Å². The van der Waals surface area contributed by atoms with Crippen LogP contribution in [0.25, 0.3) is 0 Å². The number of hydrogen-bond acceptors (Lipinski definition) is 4. The second-order valence-corrected chi connectivity index (χ2v) is 7.05. The molecule has 0 radical (unpaired) electrons. The third-order valence-corrected chi connectivity index (χ3v) is 4.88. The van der Waals surface area contributed by atoms with E-state index < -0.39 is 0 Å². The Morgan fingerprint density at radius 1 is 1.28 bits per heavy atom. The average molecular weight is 343 g/mol. The molecule has 0 aromatic carbocycles. The van der Waals surface area contributed by atoms with E-state index in [9.17, 15) is 9.59 Å².